The third-order valence-electron chi connectivity index (χ3n) is 1.47. The van der Waals surface area contributed by atoms with E-state index in [4.69, 9.17) is 8.85 Å². The fourth-order valence-electron chi connectivity index (χ4n) is 0.791. The lowest BCUT2D eigenvalue weighted by Crippen LogP contribution is -2.42. The monoisotopic (exact) mass is 162 g/mol. The predicted octanol–water partition coefficient (Wildman–Crippen LogP) is 0.903. The topological polar surface area (TPSA) is 35.5 Å². The summed E-state index contributed by atoms with van der Waals surface area (Å²) in [5.41, 5.74) is 0. The molecule has 0 saturated heterocycles. The van der Waals surface area contributed by atoms with Crippen molar-refractivity contribution in [1.82, 2.24) is 0 Å². The molecule has 0 amide bonds. The predicted molar refractivity (Wildman–Crippen MR) is 41.6 cm³/mol. The van der Waals surface area contributed by atoms with Crippen LogP contribution in [0.4, 0.5) is 0 Å². The van der Waals surface area contributed by atoms with E-state index in [1.54, 1.807) is 0 Å². The smallest absolute Gasteiger partial charge is 0.393 e. The normalized spacial score (nSPS) is 11.5. The van der Waals surface area contributed by atoms with Crippen molar-refractivity contribution < 1.29 is 13.6 Å². The van der Waals surface area contributed by atoms with E-state index in [2.05, 4.69) is 0 Å². The van der Waals surface area contributed by atoms with Gasteiger partial charge in [0.1, 0.15) is 0 Å². The highest BCUT2D eigenvalue weighted by Crippen LogP contribution is 2.10. The molecule has 0 rings (SSSR count). The fourth-order valence-corrected chi connectivity index (χ4v) is 2.37. The van der Waals surface area contributed by atoms with E-state index in [0.717, 1.165) is 18.4 Å². The zero-order valence-electron chi connectivity index (χ0n) is 6.72. The summed E-state index contributed by atoms with van der Waals surface area (Å²) in [6, 6.07) is 0.740. The molecule has 0 aliphatic heterocycles. The van der Waals surface area contributed by atoms with Gasteiger partial charge in [0.25, 0.3) is 0 Å². The molecule has 0 unspecified atom stereocenters. The number of hydrogen-bond acceptors (Lipinski definition) is 3. The average molecular weight is 162 g/mol. The van der Waals surface area contributed by atoms with E-state index in [-0.39, 0.29) is 0 Å². The molecule has 4 heteroatoms. The van der Waals surface area contributed by atoms with Crippen LogP contribution in [0.1, 0.15) is 13.3 Å². The second-order valence-electron chi connectivity index (χ2n) is 2.09. The maximum absolute atomic E-state index is 10.5. The first-order valence-electron chi connectivity index (χ1n) is 3.31. The highest BCUT2D eigenvalue weighted by Gasteiger charge is 2.33. The van der Waals surface area contributed by atoms with Gasteiger partial charge in [0.05, 0.1) is 0 Å². The molecule has 0 aromatic carbocycles. The first kappa shape index (κ1) is 9.81. The van der Waals surface area contributed by atoms with Crippen LogP contribution in [0.25, 0.3) is 0 Å². The van der Waals surface area contributed by atoms with Crippen molar-refractivity contribution in [3.05, 3.63) is 0 Å². The van der Waals surface area contributed by atoms with Crippen LogP contribution >= 0.6 is 0 Å². The van der Waals surface area contributed by atoms with E-state index in [9.17, 15) is 4.79 Å². The molecular formula is C6H14O3Si. The van der Waals surface area contributed by atoms with Crippen LogP contribution < -0.4 is 0 Å². The van der Waals surface area contributed by atoms with Gasteiger partial charge in [0.15, 0.2) is 5.91 Å². The molecule has 0 N–H and O–H groups in total. The lowest BCUT2D eigenvalue weighted by Gasteiger charge is -2.19. The van der Waals surface area contributed by atoms with E-state index in [1.807, 2.05) is 6.92 Å². The number of hydrogen-bond donors (Lipinski definition) is 0. The van der Waals surface area contributed by atoms with Gasteiger partial charge >= 0.3 is 8.56 Å². The molecule has 0 fully saturated rings. The SMILES string of the molecule is CCC[Si](C=O)(OC)OC. The summed E-state index contributed by atoms with van der Waals surface area (Å²) in [6.07, 6.45) is 0.923. The van der Waals surface area contributed by atoms with E-state index < -0.39 is 8.56 Å². The Labute approximate surface area is 62.6 Å². The Bertz CT molecular complexity index is 101. The summed E-state index contributed by atoms with van der Waals surface area (Å²) in [7, 11) is 0.657. The van der Waals surface area contributed by atoms with Crippen LogP contribution in [0.5, 0.6) is 0 Å². The van der Waals surface area contributed by atoms with Crippen molar-refractivity contribution in [2.24, 2.45) is 0 Å². The first-order chi connectivity index (χ1) is 4.74. The summed E-state index contributed by atoms with van der Waals surface area (Å²) in [4.78, 5) is 10.5. The van der Waals surface area contributed by atoms with Gasteiger partial charge in [0, 0.05) is 14.2 Å². The van der Waals surface area contributed by atoms with Crippen molar-refractivity contribution in [1.29, 1.82) is 0 Å². The molecule has 0 aliphatic rings. The van der Waals surface area contributed by atoms with Gasteiger partial charge in [-0.05, 0) is 6.04 Å². The summed E-state index contributed by atoms with van der Waals surface area (Å²) >= 11 is 0. The molecule has 60 valence electrons. The lowest BCUT2D eigenvalue weighted by atomic mass is 10.6. The standard InChI is InChI=1S/C6H14O3Si/c1-4-5-10(6-7,8-2)9-3/h6H,4-5H2,1-3H3. The van der Waals surface area contributed by atoms with Crippen molar-refractivity contribution in [3.8, 4) is 0 Å². The lowest BCUT2D eigenvalue weighted by molar-refractivity contribution is 0.258. The van der Waals surface area contributed by atoms with Crippen LogP contribution in [0.3, 0.4) is 0 Å². The highest BCUT2D eigenvalue weighted by atomic mass is 28.4. The minimum atomic E-state index is -2.40. The van der Waals surface area contributed by atoms with Crippen LogP contribution in [0, 0.1) is 0 Å². The number of carbonyl (C=O) groups is 1. The molecule has 0 saturated carbocycles. The molecule has 3 nitrogen and oxygen atoms in total. The Hall–Kier alpha value is -0.193. The Kier molecular flexibility index (Phi) is 4.51. The maximum Gasteiger partial charge on any atom is 0.405 e. The van der Waals surface area contributed by atoms with Gasteiger partial charge < -0.3 is 13.6 Å². The first-order valence-corrected chi connectivity index (χ1v) is 5.41. The zero-order chi connectivity index (χ0) is 8.04. The van der Waals surface area contributed by atoms with E-state index >= 15 is 0 Å². The van der Waals surface area contributed by atoms with Gasteiger partial charge in [-0.25, -0.2) is 0 Å². The molecule has 0 heterocycles. The van der Waals surface area contributed by atoms with Gasteiger partial charge in [-0.2, -0.15) is 0 Å². The van der Waals surface area contributed by atoms with Crippen molar-refractivity contribution >= 4 is 14.5 Å². The Morgan fingerprint density at radius 3 is 2.00 bits per heavy atom. The summed E-state index contributed by atoms with van der Waals surface area (Å²) in [5.74, 6) is 0.830. The number of carbonyl (C=O) groups excluding carboxylic acids is 1. The van der Waals surface area contributed by atoms with Crippen molar-refractivity contribution in [3.63, 3.8) is 0 Å². The fraction of sp³-hybridized carbons (Fsp3) is 0.833. The largest absolute Gasteiger partial charge is 0.405 e. The minimum absolute atomic E-state index is 0.740. The third kappa shape index (κ3) is 2.21. The van der Waals surface area contributed by atoms with Crippen LogP contribution in [0.2, 0.25) is 6.04 Å². The third-order valence-corrected chi connectivity index (χ3v) is 4.41. The molecule has 0 aromatic rings. The second-order valence-corrected chi connectivity index (χ2v) is 5.26. The number of rotatable bonds is 5. The van der Waals surface area contributed by atoms with Crippen molar-refractivity contribution in [2.45, 2.75) is 19.4 Å². The molecular weight excluding hydrogens is 148 g/mol. The zero-order valence-corrected chi connectivity index (χ0v) is 7.72. The summed E-state index contributed by atoms with van der Waals surface area (Å²) < 4.78 is 10.1. The Morgan fingerprint density at radius 1 is 1.40 bits per heavy atom. The Morgan fingerprint density at radius 2 is 1.90 bits per heavy atom. The molecule has 0 aromatic heterocycles. The average Bonchev–Trinajstić information content (AvgIpc) is 2.01. The Balaban J connectivity index is 4.00. The molecule has 0 bridgehead atoms. The van der Waals surface area contributed by atoms with Gasteiger partial charge in [-0.1, -0.05) is 13.3 Å². The minimum Gasteiger partial charge on any atom is -0.393 e. The van der Waals surface area contributed by atoms with Crippen molar-refractivity contribution in [2.75, 3.05) is 14.2 Å². The molecule has 0 aliphatic carbocycles. The van der Waals surface area contributed by atoms with E-state index in [1.165, 1.54) is 14.2 Å². The summed E-state index contributed by atoms with van der Waals surface area (Å²) in [5, 5.41) is 0. The molecule has 10 heavy (non-hydrogen) atoms. The highest BCUT2D eigenvalue weighted by molar-refractivity contribution is 6.91. The molecule has 0 spiro atoms. The van der Waals surface area contributed by atoms with Crippen LogP contribution in [0.15, 0.2) is 0 Å². The van der Waals surface area contributed by atoms with E-state index in [0.29, 0.717) is 0 Å². The van der Waals surface area contributed by atoms with Gasteiger partial charge in [-0.15, -0.1) is 0 Å². The molecule has 0 radical (unpaired) electrons. The van der Waals surface area contributed by atoms with Crippen LogP contribution in [-0.4, -0.2) is 28.7 Å². The maximum atomic E-state index is 10.5. The van der Waals surface area contributed by atoms with Gasteiger partial charge in [-0.3, -0.25) is 0 Å². The van der Waals surface area contributed by atoms with Gasteiger partial charge in [0.2, 0.25) is 0 Å². The quantitative estimate of drug-likeness (QED) is 0.445. The second kappa shape index (κ2) is 4.60. The summed E-state index contributed by atoms with van der Waals surface area (Å²) in [6.45, 7) is 2.00. The van der Waals surface area contributed by atoms with Crippen LogP contribution in [-0.2, 0) is 13.6 Å². The molecule has 0 atom stereocenters.